The van der Waals surface area contributed by atoms with E-state index in [0.29, 0.717) is 33.0 Å². The van der Waals surface area contributed by atoms with Crippen LogP contribution in [0.25, 0.3) is 17.1 Å². The Bertz CT molecular complexity index is 1400. The number of hydrogen-bond donors (Lipinski definition) is 2. The van der Waals surface area contributed by atoms with Gasteiger partial charge in [-0.2, -0.15) is 5.10 Å². The molecule has 0 aliphatic carbocycles. The van der Waals surface area contributed by atoms with E-state index in [1.807, 2.05) is 47.9 Å². The van der Waals surface area contributed by atoms with E-state index < -0.39 is 0 Å². The summed E-state index contributed by atoms with van der Waals surface area (Å²) < 4.78 is 7.02. The number of carbonyl (C=O) groups is 1. The number of hydrogen-bond acceptors (Lipinski definition) is 7. The molecular weight excluding hydrogens is 498 g/mol. The Balaban J connectivity index is 1.51. The van der Waals surface area contributed by atoms with E-state index in [1.54, 1.807) is 31.2 Å². The van der Waals surface area contributed by atoms with Crippen LogP contribution in [0, 0.1) is 6.92 Å². The van der Waals surface area contributed by atoms with Crippen molar-refractivity contribution in [3.63, 3.8) is 0 Å². The molecule has 0 saturated heterocycles. The Morgan fingerprint density at radius 3 is 2.53 bits per heavy atom. The summed E-state index contributed by atoms with van der Waals surface area (Å²) in [6.07, 6.45) is 0. The van der Waals surface area contributed by atoms with Gasteiger partial charge in [-0.15, -0.1) is 10.2 Å². The maximum atomic E-state index is 12.6. The first kappa shape index (κ1) is 25.3. The largest absolute Gasteiger partial charge is 0.504 e. The third-order valence-electron chi connectivity index (χ3n) is 5.31. The van der Waals surface area contributed by atoms with Gasteiger partial charge in [-0.1, -0.05) is 53.2 Å². The summed E-state index contributed by atoms with van der Waals surface area (Å²) >= 11 is 7.34. The number of thioether (sulfide) groups is 1. The lowest BCUT2D eigenvalue weighted by Crippen LogP contribution is -2.21. The molecule has 0 unspecified atom stereocenters. The highest BCUT2D eigenvalue weighted by Crippen LogP contribution is 2.29. The lowest BCUT2D eigenvalue weighted by atomic mass is 10.1. The number of aromatic hydroxyl groups is 1. The van der Waals surface area contributed by atoms with Crippen molar-refractivity contribution >= 4 is 35.0 Å². The molecule has 4 aromatic rings. The molecule has 0 bridgehead atoms. The van der Waals surface area contributed by atoms with E-state index in [4.69, 9.17) is 16.3 Å². The van der Waals surface area contributed by atoms with Crippen molar-refractivity contribution in [1.29, 1.82) is 0 Å². The fraction of sp³-hybridized carbons (Fsp3) is 0.154. The lowest BCUT2D eigenvalue weighted by Gasteiger charge is -2.11. The molecule has 0 aliphatic rings. The van der Waals surface area contributed by atoms with E-state index in [1.165, 1.54) is 24.9 Å². The van der Waals surface area contributed by atoms with Gasteiger partial charge in [-0.25, -0.2) is 5.43 Å². The number of nitrogens with one attached hydrogen (secondary N) is 1. The van der Waals surface area contributed by atoms with Crippen LogP contribution in [-0.2, 0) is 4.79 Å². The molecular formula is C26H24ClN5O3S. The molecule has 0 saturated carbocycles. The smallest absolute Gasteiger partial charge is 0.250 e. The predicted molar refractivity (Wildman–Crippen MR) is 142 cm³/mol. The monoisotopic (exact) mass is 521 g/mol. The fourth-order valence-electron chi connectivity index (χ4n) is 3.35. The molecule has 184 valence electrons. The van der Waals surface area contributed by atoms with Gasteiger partial charge in [0.25, 0.3) is 5.91 Å². The molecule has 8 nitrogen and oxygen atoms in total. The summed E-state index contributed by atoms with van der Waals surface area (Å²) in [7, 11) is 1.47. The first-order valence-electron chi connectivity index (χ1n) is 11.0. The van der Waals surface area contributed by atoms with Crippen LogP contribution in [0.15, 0.2) is 77.0 Å². The summed E-state index contributed by atoms with van der Waals surface area (Å²) in [6, 6.07) is 20.2. The number of methoxy groups -OCH3 is 1. The highest BCUT2D eigenvalue weighted by Gasteiger charge is 2.17. The Morgan fingerprint density at radius 1 is 1.11 bits per heavy atom. The van der Waals surface area contributed by atoms with Crippen molar-refractivity contribution in [1.82, 2.24) is 20.2 Å². The van der Waals surface area contributed by atoms with Gasteiger partial charge in [-0.05, 0) is 56.3 Å². The number of amides is 1. The average Bonchev–Trinajstić information content (AvgIpc) is 3.31. The van der Waals surface area contributed by atoms with Gasteiger partial charge < -0.3 is 9.84 Å². The Morgan fingerprint density at radius 2 is 1.83 bits per heavy atom. The number of phenols is 1. The second-order valence-electron chi connectivity index (χ2n) is 7.89. The Labute approximate surface area is 218 Å². The highest BCUT2D eigenvalue weighted by atomic mass is 35.5. The summed E-state index contributed by atoms with van der Waals surface area (Å²) in [5, 5.41) is 23.9. The average molecular weight is 522 g/mol. The van der Waals surface area contributed by atoms with E-state index in [9.17, 15) is 9.90 Å². The van der Waals surface area contributed by atoms with Crippen LogP contribution < -0.4 is 10.2 Å². The molecule has 0 atom stereocenters. The molecule has 0 fully saturated rings. The van der Waals surface area contributed by atoms with Gasteiger partial charge in [0.05, 0.1) is 18.6 Å². The van der Waals surface area contributed by atoms with Crippen molar-refractivity contribution in [3.05, 3.63) is 82.9 Å². The predicted octanol–water partition coefficient (Wildman–Crippen LogP) is 5.24. The number of aryl methyl sites for hydroxylation is 1. The van der Waals surface area contributed by atoms with Crippen molar-refractivity contribution in [3.8, 4) is 28.6 Å². The number of benzene rings is 3. The van der Waals surface area contributed by atoms with Crippen LogP contribution in [0.1, 0.15) is 18.1 Å². The SMILES string of the molecule is COc1cc(C(C)=NNC(=O)CSc2nnc(-c3ccc(C)cc3)n2-c2ccc(Cl)cc2)ccc1O. The number of halogens is 1. The molecule has 1 aromatic heterocycles. The molecule has 0 aliphatic heterocycles. The summed E-state index contributed by atoms with van der Waals surface area (Å²) in [5.41, 5.74) is 6.72. The Hall–Kier alpha value is -3.82. The number of ether oxygens (including phenoxy) is 1. The minimum Gasteiger partial charge on any atom is -0.504 e. The zero-order valence-electron chi connectivity index (χ0n) is 19.9. The van der Waals surface area contributed by atoms with Crippen LogP contribution in [0.4, 0.5) is 0 Å². The number of carbonyl (C=O) groups excluding carboxylic acids is 1. The van der Waals surface area contributed by atoms with Crippen LogP contribution in [0.2, 0.25) is 5.02 Å². The molecule has 36 heavy (non-hydrogen) atoms. The van der Waals surface area contributed by atoms with Crippen LogP contribution in [0.5, 0.6) is 11.5 Å². The summed E-state index contributed by atoms with van der Waals surface area (Å²) in [5.74, 6) is 0.803. The van der Waals surface area contributed by atoms with Crippen LogP contribution >= 0.6 is 23.4 Å². The topological polar surface area (TPSA) is 102 Å². The van der Waals surface area contributed by atoms with Gasteiger partial charge in [0.1, 0.15) is 0 Å². The molecule has 2 N–H and O–H groups in total. The molecule has 1 amide bonds. The van der Waals surface area contributed by atoms with Crippen LogP contribution in [0.3, 0.4) is 0 Å². The lowest BCUT2D eigenvalue weighted by molar-refractivity contribution is -0.118. The minimum atomic E-state index is -0.298. The summed E-state index contributed by atoms with van der Waals surface area (Å²) in [6.45, 7) is 3.78. The second-order valence-corrected chi connectivity index (χ2v) is 9.27. The third kappa shape index (κ3) is 5.87. The quantitative estimate of drug-likeness (QED) is 0.187. The van der Waals surface area contributed by atoms with Crippen molar-refractivity contribution < 1.29 is 14.6 Å². The molecule has 10 heteroatoms. The molecule has 0 spiro atoms. The third-order valence-corrected chi connectivity index (χ3v) is 6.49. The van der Waals surface area contributed by atoms with E-state index >= 15 is 0 Å². The standard InChI is InChI=1S/C26H24ClN5O3S/c1-16-4-6-18(7-5-16)25-30-31-26(32(25)21-11-9-20(27)10-12-21)36-15-24(34)29-28-17(2)19-8-13-22(33)23(14-19)35-3/h4-14,33H,15H2,1-3H3,(H,29,34). The number of hydrazone groups is 1. The van der Waals surface area contributed by atoms with Crippen molar-refractivity contribution in [2.24, 2.45) is 5.10 Å². The minimum absolute atomic E-state index is 0.0318. The highest BCUT2D eigenvalue weighted by molar-refractivity contribution is 7.99. The van der Waals surface area contributed by atoms with Gasteiger partial charge in [0.15, 0.2) is 22.5 Å². The van der Waals surface area contributed by atoms with Crippen molar-refractivity contribution in [2.45, 2.75) is 19.0 Å². The van der Waals surface area contributed by atoms with Gasteiger partial charge in [0.2, 0.25) is 0 Å². The fourth-order valence-corrected chi connectivity index (χ4v) is 4.22. The Kier molecular flexibility index (Phi) is 7.92. The van der Waals surface area contributed by atoms with Gasteiger partial charge in [-0.3, -0.25) is 9.36 Å². The first-order valence-corrected chi connectivity index (χ1v) is 12.3. The van der Waals surface area contributed by atoms with E-state index in [0.717, 1.165) is 16.8 Å². The normalized spacial score (nSPS) is 11.4. The maximum Gasteiger partial charge on any atom is 0.250 e. The van der Waals surface area contributed by atoms with E-state index in [-0.39, 0.29) is 17.4 Å². The van der Waals surface area contributed by atoms with Crippen LogP contribution in [-0.4, -0.2) is 44.4 Å². The van der Waals surface area contributed by atoms with E-state index in [2.05, 4.69) is 20.7 Å². The molecule has 3 aromatic carbocycles. The zero-order valence-corrected chi connectivity index (χ0v) is 21.5. The number of phenolic OH excluding ortho intramolecular Hbond substituents is 1. The molecule has 1 heterocycles. The number of rotatable bonds is 8. The molecule has 0 radical (unpaired) electrons. The van der Waals surface area contributed by atoms with Gasteiger partial charge >= 0.3 is 0 Å². The summed E-state index contributed by atoms with van der Waals surface area (Å²) in [4.78, 5) is 12.6. The number of aromatic nitrogens is 3. The first-order chi connectivity index (χ1) is 17.4. The van der Waals surface area contributed by atoms with Gasteiger partial charge in [0, 0.05) is 21.8 Å². The molecule has 4 rings (SSSR count). The zero-order chi connectivity index (χ0) is 25.7. The maximum absolute atomic E-state index is 12.6. The second kappa shape index (κ2) is 11.3. The number of nitrogens with zero attached hydrogens (tertiary/aromatic N) is 4. The van der Waals surface area contributed by atoms with Crippen molar-refractivity contribution in [2.75, 3.05) is 12.9 Å².